The van der Waals surface area contributed by atoms with Crippen LogP contribution in [0, 0.1) is 0 Å². The largest absolute Gasteiger partial charge is 0.731 e. The molecule has 1 atom stereocenters. The molecule has 0 unspecified atom stereocenters. The Morgan fingerprint density at radius 3 is 1.78 bits per heavy atom. The summed E-state index contributed by atoms with van der Waals surface area (Å²) < 4.78 is 38.1. The molecule has 9 nitrogen and oxygen atoms in total. The Balaban J connectivity index is 0.000000377. The second-order valence-corrected chi connectivity index (χ2v) is 11.0. The van der Waals surface area contributed by atoms with Gasteiger partial charge in [-0.3, -0.25) is 4.79 Å². The number of carbonyl (C=O) groups is 2. The fourth-order valence-corrected chi connectivity index (χ4v) is 4.94. The molecular formula is C27H47N3O6S. The predicted molar refractivity (Wildman–Crippen MR) is 144 cm³/mol. The minimum absolute atomic E-state index is 0.0250. The standard InChI is InChI=1S/C16H36N.C11H12N2O6S/c1-5-9-13-17(14-10-6-2,15-11-7-3)16-12-8-4;14-10-9(6-13(10)20(16,17)18)12-11(15)19-7-8-4-2-1-3-5-8/h5-16H2,1-4H3;1-5,9H,6-7H2,(H,12,15)(H,16,17,18)/q+1;/p-1/t;9-/m.0/s1. The Morgan fingerprint density at radius 1 is 0.946 bits per heavy atom. The van der Waals surface area contributed by atoms with Gasteiger partial charge in [-0.2, -0.15) is 0 Å². The molecule has 1 N–H and O–H groups in total. The van der Waals surface area contributed by atoms with Crippen LogP contribution in [0.5, 0.6) is 0 Å². The molecule has 0 aliphatic carbocycles. The number of unbranched alkanes of at least 4 members (excludes halogenated alkanes) is 4. The van der Waals surface area contributed by atoms with Gasteiger partial charge in [0.15, 0.2) is 10.3 Å². The van der Waals surface area contributed by atoms with Crippen LogP contribution in [0.25, 0.3) is 0 Å². The van der Waals surface area contributed by atoms with E-state index in [0.29, 0.717) is 0 Å². The van der Waals surface area contributed by atoms with Crippen molar-refractivity contribution in [1.82, 2.24) is 9.62 Å². The lowest BCUT2D eigenvalue weighted by Crippen LogP contribution is -2.65. The van der Waals surface area contributed by atoms with Crippen molar-refractivity contribution in [2.45, 2.75) is 91.7 Å². The molecule has 1 aromatic rings. The molecule has 2 rings (SSSR count). The van der Waals surface area contributed by atoms with Gasteiger partial charge in [0, 0.05) is 0 Å². The van der Waals surface area contributed by atoms with Crippen molar-refractivity contribution in [3.05, 3.63) is 35.9 Å². The molecule has 1 fully saturated rings. The molecule has 10 heteroatoms. The third kappa shape index (κ3) is 12.3. The van der Waals surface area contributed by atoms with Crippen LogP contribution in [0.3, 0.4) is 0 Å². The van der Waals surface area contributed by atoms with E-state index >= 15 is 0 Å². The minimum Gasteiger partial charge on any atom is -0.731 e. The molecule has 0 radical (unpaired) electrons. The summed E-state index contributed by atoms with van der Waals surface area (Å²) >= 11 is 0. The van der Waals surface area contributed by atoms with Crippen molar-refractivity contribution in [3.8, 4) is 0 Å². The Bertz CT molecular complexity index is 857. The Labute approximate surface area is 224 Å². The summed E-state index contributed by atoms with van der Waals surface area (Å²) in [5.74, 6) is -0.961. The van der Waals surface area contributed by atoms with Crippen LogP contribution in [0.15, 0.2) is 30.3 Å². The van der Waals surface area contributed by atoms with Crippen molar-refractivity contribution in [2.75, 3.05) is 32.7 Å². The second kappa shape index (κ2) is 17.4. The van der Waals surface area contributed by atoms with Crippen LogP contribution >= 0.6 is 0 Å². The van der Waals surface area contributed by atoms with Gasteiger partial charge in [-0.15, -0.1) is 0 Å². The number of ether oxygens (including phenoxy) is 1. The Kier molecular flexibility index (Phi) is 15.4. The summed E-state index contributed by atoms with van der Waals surface area (Å²) in [6.45, 7) is 14.7. The molecule has 1 saturated heterocycles. The first kappa shape index (κ1) is 32.9. The number of hydrogen-bond acceptors (Lipinski definition) is 6. The maximum absolute atomic E-state index is 11.4. The van der Waals surface area contributed by atoms with Gasteiger partial charge in [-0.25, -0.2) is 17.5 Å². The lowest BCUT2D eigenvalue weighted by atomic mass is 10.1. The summed E-state index contributed by atoms with van der Waals surface area (Å²) in [7, 11) is -4.80. The lowest BCUT2D eigenvalue weighted by molar-refractivity contribution is -0.929. The molecule has 0 spiro atoms. The van der Waals surface area contributed by atoms with Crippen LogP contribution in [-0.2, 0) is 26.4 Å². The summed E-state index contributed by atoms with van der Waals surface area (Å²) in [5, 5.41) is 2.18. The second-order valence-electron chi connectivity index (χ2n) is 9.74. The summed E-state index contributed by atoms with van der Waals surface area (Å²) in [6, 6.07) is 7.85. The van der Waals surface area contributed by atoms with Gasteiger partial charge in [0.2, 0.25) is 0 Å². The zero-order valence-electron chi connectivity index (χ0n) is 23.1. The van der Waals surface area contributed by atoms with Crippen molar-refractivity contribution < 1.29 is 31.8 Å². The number of benzene rings is 1. The molecule has 0 saturated carbocycles. The van der Waals surface area contributed by atoms with Gasteiger partial charge in [0.1, 0.15) is 12.6 Å². The number of alkyl carbamates (subject to hydrolysis) is 1. The monoisotopic (exact) mass is 541 g/mol. The van der Waals surface area contributed by atoms with Gasteiger partial charge in [0.05, 0.1) is 32.7 Å². The number of amides is 2. The number of β-lactam (4-membered cyclic amide) rings is 1. The fourth-order valence-electron chi connectivity index (χ4n) is 4.26. The van der Waals surface area contributed by atoms with E-state index in [-0.39, 0.29) is 17.5 Å². The lowest BCUT2D eigenvalue weighted by Gasteiger charge is -2.39. The van der Waals surface area contributed by atoms with Gasteiger partial charge >= 0.3 is 6.09 Å². The third-order valence-corrected chi connectivity index (χ3v) is 7.48. The Hall–Kier alpha value is -2.17. The maximum atomic E-state index is 11.4. The van der Waals surface area contributed by atoms with E-state index < -0.39 is 28.3 Å². The molecular weight excluding hydrogens is 494 g/mol. The molecule has 37 heavy (non-hydrogen) atoms. The first-order chi connectivity index (χ1) is 17.6. The van der Waals surface area contributed by atoms with Crippen LogP contribution in [-0.4, -0.2) is 72.5 Å². The average molecular weight is 542 g/mol. The molecule has 212 valence electrons. The Morgan fingerprint density at radius 2 is 1.41 bits per heavy atom. The number of carbonyl (C=O) groups excluding carboxylic acids is 2. The fraction of sp³-hybridized carbons (Fsp3) is 0.704. The van der Waals surface area contributed by atoms with Crippen LogP contribution in [0.4, 0.5) is 4.79 Å². The molecule has 1 aromatic carbocycles. The SMILES string of the molecule is CCCC[N+](CCCC)(CCCC)CCCC.O=C(N[C@H]1CN(S(=O)(=O)[O-])C1=O)OCc1ccccc1. The van der Waals surface area contributed by atoms with Crippen molar-refractivity contribution in [1.29, 1.82) is 0 Å². The van der Waals surface area contributed by atoms with Crippen LogP contribution in [0.1, 0.15) is 84.6 Å². The minimum atomic E-state index is -4.80. The van der Waals surface area contributed by atoms with Crippen LogP contribution < -0.4 is 5.32 Å². The van der Waals surface area contributed by atoms with Crippen molar-refractivity contribution >= 4 is 22.3 Å². The third-order valence-electron chi connectivity index (χ3n) is 6.61. The summed E-state index contributed by atoms with van der Waals surface area (Å²) in [4.78, 5) is 22.7. The molecule has 2 amide bonds. The van der Waals surface area contributed by atoms with E-state index in [1.807, 2.05) is 6.07 Å². The quantitative estimate of drug-likeness (QED) is 0.186. The first-order valence-electron chi connectivity index (χ1n) is 13.7. The van der Waals surface area contributed by atoms with Crippen molar-refractivity contribution in [3.63, 3.8) is 0 Å². The summed E-state index contributed by atoms with van der Waals surface area (Å²) in [5.41, 5.74) is 0.770. The number of hydrogen-bond donors (Lipinski definition) is 1. The topological polar surface area (TPSA) is 116 Å². The van der Waals surface area contributed by atoms with E-state index in [1.54, 1.807) is 24.3 Å². The maximum Gasteiger partial charge on any atom is 0.408 e. The van der Waals surface area contributed by atoms with Gasteiger partial charge in [0.25, 0.3) is 5.91 Å². The molecule has 1 aliphatic heterocycles. The molecule has 0 bridgehead atoms. The van der Waals surface area contributed by atoms with Gasteiger partial charge in [-0.05, 0) is 31.2 Å². The highest BCUT2D eigenvalue weighted by atomic mass is 32.2. The first-order valence-corrected chi connectivity index (χ1v) is 15.1. The average Bonchev–Trinajstić information content (AvgIpc) is 2.88. The zero-order valence-corrected chi connectivity index (χ0v) is 23.9. The van der Waals surface area contributed by atoms with Gasteiger partial charge in [-0.1, -0.05) is 83.7 Å². The highest BCUT2D eigenvalue weighted by Gasteiger charge is 2.41. The van der Waals surface area contributed by atoms with Crippen LogP contribution in [0.2, 0.25) is 0 Å². The zero-order chi connectivity index (χ0) is 27.7. The smallest absolute Gasteiger partial charge is 0.408 e. The molecule has 1 aliphatic rings. The highest BCUT2D eigenvalue weighted by molar-refractivity contribution is 7.84. The summed E-state index contributed by atoms with van der Waals surface area (Å²) in [6.07, 6.45) is 10.2. The van der Waals surface area contributed by atoms with E-state index in [4.69, 9.17) is 4.74 Å². The van der Waals surface area contributed by atoms with E-state index in [0.717, 1.165) is 5.56 Å². The number of rotatable bonds is 16. The molecule has 1 heterocycles. The van der Waals surface area contributed by atoms with Crippen molar-refractivity contribution in [2.24, 2.45) is 0 Å². The van der Waals surface area contributed by atoms with Gasteiger partial charge < -0.3 is 19.1 Å². The van der Waals surface area contributed by atoms with E-state index in [2.05, 4.69) is 33.0 Å². The highest BCUT2D eigenvalue weighted by Crippen LogP contribution is 2.17. The predicted octanol–water partition coefficient (Wildman–Crippen LogP) is 4.59. The van der Waals surface area contributed by atoms with E-state index in [9.17, 15) is 22.6 Å². The number of quaternary nitrogens is 1. The molecule has 0 aromatic heterocycles. The normalized spacial score (nSPS) is 15.4. The van der Waals surface area contributed by atoms with E-state index in [1.165, 1.54) is 82.0 Å². The number of nitrogens with one attached hydrogen (secondary N) is 1. The number of nitrogens with zero attached hydrogens (tertiary/aromatic N) is 2.